The Labute approximate surface area is 219 Å². The van der Waals surface area contributed by atoms with Crippen LogP contribution in [-0.4, -0.2) is 30.7 Å². The zero-order chi connectivity index (χ0) is 26.1. The van der Waals surface area contributed by atoms with Crippen molar-refractivity contribution in [2.24, 2.45) is 11.7 Å². The van der Waals surface area contributed by atoms with Gasteiger partial charge in [-0.05, 0) is 115 Å². The third-order valence-corrected chi connectivity index (χ3v) is 7.97. The summed E-state index contributed by atoms with van der Waals surface area (Å²) in [7, 11) is 1.74. The van der Waals surface area contributed by atoms with Crippen LogP contribution in [0.1, 0.15) is 51.4 Å². The van der Waals surface area contributed by atoms with E-state index in [-0.39, 0.29) is 17.7 Å². The molecule has 1 aliphatic heterocycles. The van der Waals surface area contributed by atoms with Gasteiger partial charge in [-0.15, -0.1) is 0 Å². The van der Waals surface area contributed by atoms with Crippen LogP contribution in [0.2, 0.25) is 0 Å². The van der Waals surface area contributed by atoms with Crippen LogP contribution in [-0.2, 0) is 30.5 Å². The Bertz CT molecular complexity index is 1300. The standard InChI is InChI=1S/C31H37N3O3/c1-18-11-23(35)12-19(2)24(18)17-27(32)31(36)34-29-9-10-33-28-8-7-20(15-26(28)29)13-21-14-22-5-4-6-30(37-3)25(22)16-21/h4-8,11-12,15,21,27,29,33,35H,9-10,13-14,16-17,32H2,1-3H3,(H,34,36). The zero-order valence-corrected chi connectivity index (χ0v) is 21.9. The van der Waals surface area contributed by atoms with Crippen LogP contribution in [0.4, 0.5) is 5.69 Å². The average Bonchev–Trinajstić information content (AvgIpc) is 3.28. The molecule has 5 N–H and O–H groups in total. The molecule has 3 aromatic rings. The highest BCUT2D eigenvalue weighted by molar-refractivity contribution is 5.82. The maximum absolute atomic E-state index is 13.1. The topological polar surface area (TPSA) is 96.6 Å². The van der Waals surface area contributed by atoms with Crippen LogP contribution in [0.15, 0.2) is 48.5 Å². The Kier molecular flexibility index (Phi) is 7.11. The van der Waals surface area contributed by atoms with Gasteiger partial charge in [-0.2, -0.15) is 0 Å². The highest BCUT2D eigenvalue weighted by Gasteiger charge is 2.27. The lowest BCUT2D eigenvalue weighted by Crippen LogP contribution is -2.44. The summed E-state index contributed by atoms with van der Waals surface area (Å²) in [4.78, 5) is 13.1. The fourth-order valence-corrected chi connectivity index (χ4v) is 6.10. The number of ether oxygens (including phenoxy) is 1. The van der Waals surface area contributed by atoms with E-state index in [1.165, 1.54) is 16.7 Å². The minimum Gasteiger partial charge on any atom is -0.508 e. The van der Waals surface area contributed by atoms with Gasteiger partial charge in [0.25, 0.3) is 0 Å². The molecule has 0 spiro atoms. The van der Waals surface area contributed by atoms with Crippen LogP contribution < -0.4 is 21.1 Å². The number of anilines is 1. The Hall–Kier alpha value is -3.51. The van der Waals surface area contributed by atoms with E-state index in [0.29, 0.717) is 12.3 Å². The van der Waals surface area contributed by atoms with Crippen LogP contribution >= 0.6 is 0 Å². The van der Waals surface area contributed by atoms with E-state index >= 15 is 0 Å². The molecule has 6 heteroatoms. The number of carbonyl (C=O) groups is 1. The number of benzene rings is 3. The van der Waals surface area contributed by atoms with Gasteiger partial charge in [0.1, 0.15) is 11.5 Å². The zero-order valence-electron chi connectivity index (χ0n) is 21.9. The minimum absolute atomic E-state index is 0.0716. The molecular weight excluding hydrogens is 462 g/mol. The van der Waals surface area contributed by atoms with Gasteiger partial charge in [0.15, 0.2) is 0 Å². The second kappa shape index (κ2) is 10.5. The first kappa shape index (κ1) is 25.2. The highest BCUT2D eigenvalue weighted by atomic mass is 16.5. The summed E-state index contributed by atoms with van der Waals surface area (Å²) >= 11 is 0. The van der Waals surface area contributed by atoms with Crippen molar-refractivity contribution >= 4 is 11.6 Å². The molecule has 0 saturated carbocycles. The van der Waals surface area contributed by atoms with Crippen LogP contribution in [0.3, 0.4) is 0 Å². The van der Waals surface area contributed by atoms with Crippen molar-refractivity contribution in [1.29, 1.82) is 0 Å². The fourth-order valence-electron chi connectivity index (χ4n) is 6.10. The van der Waals surface area contributed by atoms with Crippen LogP contribution in [0.5, 0.6) is 11.5 Å². The van der Waals surface area contributed by atoms with Gasteiger partial charge in [-0.1, -0.05) is 24.3 Å². The number of hydrogen-bond acceptors (Lipinski definition) is 5. The van der Waals surface area contributed by atoms with Crippen LogP contribution in [0.25, 0.3) is 0 Å². The number of aryl methyl sites for hydroxylation is 2. The summed E-state index contributed by atoms with van der Waals surface area (Å²) in [6, 6.07) is 15.7. The first-order chi connectivity index (χ1) is 17.8. The normalized spacial score (nSPS) is 18.9. The fraction of sp³-hybridized carbons (Fsp3) is 0.387. The van der Waals surface area contributed by atoms with Crippen LogP contribution in [0, 0.1) is 19.8 Å². The Balaban J connectivity index is 1.27. The number of nitrogens with two attached hydrogens (primary N) is 1. The Morgan fingerprint density at radius 1 is 1.16 bits per heavy atom. The quantitative estimate of drug-likeness (QED) is 0.383. The van der Waals surface area contributed by atoms with Gasteiger partial charge in [0.05, 0.1) is 19.2 Å². The molecular formula is C31H37N3O3. The number of rotatable bonds is 7. The molecule has 5 rings (SSSR count). The van der Waals surface area contributed by atoms with Crippen molar-refractivity contribution in [3.8, 4) is 11.5 Å². The average molecular weight is 500 g/mol. The number of phenols is 1. The molecule has 37 heavy (non-hydrogen) atoms. The molecule has 3 unspecified atom stereocenters. The SMILES string of the molecule is COc1cccc2c1CC(Cc1ccc3c(c1)C(NC(=O)C(N)Cc1c(C)cc(O)cc1C)CCN3)C2. The second-order valence-electron chi connectivity index (χ2n) is 10.6. The summed E-state index contributed by atoms with van der Waals surface area (Å²) in [5, 5.41) is 16.5. The molecule has 2 aliphatic rings. The first-order valence-corrected chi connectivity index (χ1v) is 13.2. The predicted molar refractivity (Wildman–Crippen MR) is 147 cm³/mol. The van der Waals surface area contributed by atoms with Gasteiger partial charge in [0, 0.05) is 12.2 Å². The van der Waals surface area contributed by atoms with Crippen molar-refractivity contribution in [3.05, 3.63) is 87.5 Å². The van der Waals surface area contributed by atoms with Crippen molar-refractivity contribution < 1.29 is 14.6 Å². The molecule has 0 fully saturated rings. The van der Waals surface area contributed by atoms with Gasteiger partial charge in [-0.3, -0.25) is 4.79 Å². The van der Waals surface area contributed by atoms with E-state index in [1.54, 1.807) is 19.2 Å². The second-order valence-corrected chi connectivity index (χ2v) is 10.6. The Morgan fingerprint density at radius 2 is 1.95 bits per heavy atom. The number of carbonyl (C=O) groups excluding carboxylic acids is 1. The monoisotopic (exact) mass is 499 g/mol. The summed E-state index contributed by atoms with van der Waals surface area (Å²) in [5.41, 5.74) is 15.5. The summed E-state index contributed by atoms with van der Waals surface area (Å²) in [6.45, 7) is 4.69. The van der Waals surface area contributed by atoms with Gasteiger partial charge in [0.2, 0.25) is 5.91 Å². The van der Waals surface area contributed by atoms with E-state index in [1.807, 2.05) is 19.9 Å². The number of hydrogen-bond donors (Lipinski definition) is 4. The molecule has 6 nitrogen and oxygen atoms in total. The van der Waals surface area contributed by atoms with Crippen molar-refractivity contribution in [2.45, 2.75) is 58.0 Å². The number of methoxy groups -OCH3 is 1. The van der Waals surface area contributed by atoms with E-state index in [9.17, 15) is 9.90 Å². The molecule has 1 amide bonds. The lowest BCUT2D eigenvalue weighted by Gasteiger charge is -2.29. The molecule has 194 valence electrons. The molecule has 3 atom stereocenters. The van der Waals surface area contributed by atoms with Crippen molar-refractivity contribution in [2.75, 3.05) is 19.0 Å². The van der Waals surface area contributed by atoms with Gasteiger partial charge < -0.3 is 26.2 Å². The smallest absolute Gasteiger partial charge is 0.237 e. The van der Waals surface area contributed by atoms with E-state index in [0.717, 1.165) is 65.9 Å². The summed E-state index contributed by atoms with van der Waals surface area (Å²) < 4.78 is 5.59. The number of aromatic hydroxyl groups is 1. The minimum atomic E-state index is -0.657. The maximum Gasteiger partial charge on any atom is 0.237 e. The molecule has 1 heterocycles. The van der Waals surface area contributed by atoms with E-state index in [2.05, 4.69) is 41.0 Å². The predicted octanol–water partition coefficient (Wildman–Crippen LogP) is 4.52. The largest absolute Gasteiger partial charge is 0.508 e. The third kappa shape index (κ3) is 5.30. The Morgan fingerprint density at radius 3 is 2.70 bits per heavy atom. The van der Waals surface area contributed by atoms with Gasteiger partial charge in [-0.25, -0.2) is 0 Å². The summed E-state index contributed by atoms with van der Waals surface area (Å²) in [6.07, 6.45) is 4.34. The molecule has 1 aliphatic carbocycles. The molecule has 0 radical (unpaired) electrons. The van der Waals surface area contributed by atoms with Crippen molar-refractivity contribution in [3.63, 3.8) is 0 Å². The highest BCUT2D eigenvalue weighted by Crippen LogP contribution is 2.37. The number of nitrogens with one attached hydrogen (secondary N) is 2. The van der Waals surface area contributed by atoms with E-state index in [4.69, 9.17) is 10.5 Å². The lowest BCUT2D eigenvalue weighted by atomic mass is 9.91. The maximum atomic E-state index is 13.1. The molecule has 0 aromatic heterocycles. The summed E-state index contributed by atoms with van der Waals surface area (Å²) in [5.74, 6) is 1.62. The van der Waals surface area contributed by atoms with Gasteiger partial charge >= 0.3 is 0 Å². The van der Waals surface area contributed by atoms with E-state index < -0.39 is 6.04 Å². The molecule has 0 saturated heterocycles. The number of fused-ring (bicyclic) bond motifs is 2. The molecule has 0 bridgehead atoms. The lowest BCUT2D eigenvalue weighted by molar-refractivity contribution is -0.123. The van der Waals surface area contributed by atoms with Crippen molar-refractivity contribution in [1.82, 2.24) is 5.32 Å². The third-order valence-electron chi connectivity index (χ3n) is 7.97. The number of amides is 1. The number of phenolic OH excluding ortho intramolecular Hbond substituents is 1. The first-order valence-electron chi connectivity index (χ1n) is 13.2. The molecule has 3 aromatic carbocycles.